The van der Waals surface area contributed by atoms with E-state index in [0.29, 0.717) is 25.3 Å². The van der Waals surface area contributed by atoms with Crippen molar-refractivity contribution in [3.8, 4) is 5.75 Å². The molecule has 3 rings (SSSR count). The summed E-state index contributed by atoms with van der Waals surface area (Å²) < 4.78 is 7.78. The normalized spacial score (nSPS) is 14.5. The lowest BCUT2D eigenvalue weighted by Gasteiger charge is -2.28. The number of nitrogens with zero attached hydrogens (tertiary/aromatic N) is 3. The third kappa shape index (κ3) is 4.47. The SMILES string of the molecule is CC[C@@H](C)Oc1cccc(CNC(=O)N2CCc3c(c(CO)nn3CC)C2)c1. The summed E-state index contributed by atoms with van der Waals surface area (Å²) in [5, 5.41) is 17.0. The van der Waals surface area contributed by atoms with Crippen LogP contribution in [0, 0.1) is 0 Å². The van der Waals surface area contributed by atoms with Crippen molar-refractivity contribution < 1.29 is 14.6 Å². The fourth-order valence-electron chi connectivity index (χ4n) is 3.46. The van der Waals surface area contributed by atoms with Crippen LogP contribution in [0.25, 0.3) is 0 Å². The van der Waals surface area contributed by atoms with Crippen LogP contribution >= 0.6 is 0 Å². The monoisotopic (exact) mass is 386 g/mol. The molecule has 7 nitrogen and oxygen atoms in total. The molecule has 1 aromatic heterocycles. The minimum atomic E-state index is -0.105. The average Bonchev–Trinajstić information content (AvgIpc) is 3.09. The molecule has 1 aliphatic heterocycles. The third-order valence-electron chi connectivity index (χ3n) is 5.21. The molecule has 0 aliphatic carbocycles. The second kappa shape index (κ2) is 9.10. The average molecular weight is 386 g/mol. The van der Waals surface area contributed by atoms with E-state index in [2.05, 4.69) is 17.3 Å². The van der Waals surface area contributed by atoms with Crippen molar-refractivity contribution in [3.63, 3.8) is 0 Å². The number of urea groups is 1. The van der Waals surface area contributed by atoms with Gasteiger partial charge in [-0.1, -0.05) is 19.1 Å². The van der Waals surface area contributed by atoms with E-state index < -0.39 is 0 Å². The summed E-state index contributed by atoms with van der Waals surface area (Å²) in [6.45, 7) is 8.40. The number of fused-ring (bicyclic) bond motifs is 1. The van der Waals surface area contributed by atoms with E-state index >= 15 is 0 Å². The molecule has 0 fully saturated rings. The number of aromatic nitrogens is 2. The van der Waals surface area contributed by atoms with E-state index in [-0.39, 0.29) is 18.7 Å². The Hall–Kier alpha value is -2.54. The maximum absolute atomic E-state index is 12.7. The Labute approximate surface area is 166 Å². The molecular formula is C21H30N4O3. The summed E-state index contributed by atoms with van der Waals surface area (Å²) in [6, 6.07) is 7.72. The summed E-state index contributed by atoms with van der Waals surface area (Å²) in [6.07, 6.45) is 1.86. The van der Waals surface area contributed by atoms with Gasteiger partial charge in [0.1, 0.15) is 5.75 Å². The van der Waals surface area contributed by atoms with Gasteiger partial charge in [-0.05, 0) is 38.0 Å². The zero-order chi connectivity index (χ0) is 20.1. The Morgan fingerprint density at radius 1 is 1.39 bits per heavy atom. The summed E-state index contributed by atoms with van der Waals surface area (Å²) >= 11 is 0. The largest absolute Gasteiger partial charge is 0.491 e. The highest BCUT2D eigenvalue weighted by Gasteiger charge is 2.26. The Balaban J connectivity index is 1.60. The van der Waals surface area contributed by atoms with Crippen molar-refractivity contribution in [2.75, 3.05) is 6.54 Å². The number of aryl methyl sites for hydroxylation is 1. The van der Waals surface area contributed by atoms with Gasteiger partial charge in [0.2, 0.25) is 0 Å². The molecule has 152 valence electrons. The molecule has 0 saturated heterocycles. The maximum atomic E-state index is 12.7. The van der Waals surface area contributed by atoms with Crippen LogP contribution in [0.5, 0.6) is 5.75 Å². The van der Waals surface area contributed by atoms with Gasteiger partial charge in [0, 0.05) is 37.3 Å². The molecule has 0 radical (unpaired) electrons. The highest BCUT2D eigenvalue weighted by molar-refractivity contribution is 5.74. The summed E-state index contributed by atoms with van der Waals surface area (Å²) in [5.41, 5.74) is 3.78. The van der Waals surface area contributed by atoms with Gasteiger partial charge in [0.25, 0.3) is 0 Å². The van der Waals surface area contributed by atoms with Crippen molar-refractivity contribution in [3.05, 3.63) is 46.8 Å². The number of nitrogens with one attached hydrogen (secondary N) is 1. The van der Waals surface area contributed by atoms with Gasteiger partial charge in [-0.3, -0.25) is 4.68 Å². The lowest BCUT2D eigenvalue weighted by molar-refractivity contribution is 0.190. The zero-order valence-corrected chi connectivity index (χ0v) is 16.9. The molecule has 0 unspecified atom stereocenters. The molecule has 2 amide bonds. The van der Waals surface area contributed by atoms with Crippen LogP contribution < -0.4 is 10.1 Å². The Kier molecular flexibility index (Phi) is 6.57. The number of benzene rings is 1. The number of aliphatic hydroxyl groups is 1. The molecule has 2 aromatic rings. The zero-order valence-electron chi connectivity index (χ0n) is 16.9. The number of hydrogen-bond acceptors (Lipinski definition) is 4. The predicted octanol–water partition coefficient (Wildman–Crippen LogP) is 2.84. The molecule has 2 heterocycles. The molecular weight excluding hydrogens is 356 g/mol. The van der Waals surface area contributed by atoms with Crippen molar-refractivity contribution in [2.45, 2.75) is 66.0 Å². The summed E-state index contributed by atoms with van der Waals surface area (Å²) in [7, 11) is 0. The van der Waals surface area contributed by atoms with Crippen LogP contribution in [-0.2, 0) is 32.7 Å². The number of amides is 2. The fraction of sp³-hybridized carbons (Fsp3) is 0.524. The quantitative estimate of drug-likeness (QED) is 0.767. The molecule has 2 N–H and O–H groups in total. The lowest BCUT2D eigenvalue weighted by atomic mass is 10.1. The summed E-state index contributed by atoms with van der Waals surface area (Å²) in [4.78, 5) is 14.4. The van der Waals surface area contributed by atoms with E-state index in [1.54, 1.807) is 4.90 Å². The van der Waals surface area contributed by atoms with Crippen LogP contribution in [-0.4, -0.2) is 38.5 Å². The molecule has 1 aliphatic rings. The van der Waals surface area contributed by atoms with Gasteiger partial charge in [-0.25, -0.2) is 4.79 Å². The van der Waals surface area contributed by atoms with Gasteiger partial charge in [0.05, 0.1) is 24.9 Å². The first-order chi connectivity index (χ1) is 13.5. The minimum Gasteiger partial charge on any atom is -0.491 e. The first-order valence-electron chi connectivity index (χ1n) is 10.0. The van der Waals surface area contributed by atoms with Crippen LogP contribution in [0.2, 0.25) is 0 Å². The number of rotatable bonds is 7. The molecule has 0 bridgehead atoms. The van der Waals surface area contributed by atoms with Crippen molar-refractivity contribution in [1.82, 2.24) is 20.0 Å². The van der Waals surface area contributed by atoms with E-state index in [0.717, 1.165) is 42.0 Å². The summed E-state index contributed by atoms with van der Waals surface area (Å²) in [5.74, 6) is 0.822. The highest BCUT2D eigenvalue weighted by atomic mass is 16.5. The maximum Gasteiger partial charge on any atom is 0.317 e. The molecule has 1 aromatic carbocycles. The van der Waals surface area contributed by atoms with Gasteiger partial charge >= 0.3 is 6.03 Å². The van der Waals surface area contributed by atoms with Gasteiger partial charge in [-0.15, -0.1) is 0 Å². The van der Waals surface area contributed by atoms with E-state index in [1.165, 1.54) is 0 Å². The molecule has 0 spiro atoms. The smallest absolute Gasteiger partial charge is 0.317 e. The molecule has 28 heavy (non-hydrogen) atoms. The van der Waals surface area contributed by atoms with Crippen LogP contribution in [0.3, 0.4) is 0 Å². The van der Waals surface area contributed by atoms with Crippen LogP contribution in [0.4, 0.5) is 4.79 Å². The minimum absolute atomic E-state index is 0.103. The number of carbonyl (C=O) groups is 1. The number of carbonyl (C=O) groups excluding carboxylic acids is 1. The van der Waals surface area contributed by atoms with Crippen molar-refractivity contribution in [1.29, 1.82) is 0 Å². The van der Waals surface area contributed by atoms with Crippen molar-refractivity contribution in [2.24, 2.45) is 0 Å². The van der Waals surface area contributed by atoms with Crippen LogP contribution in [0.1, 0.15) is 49.7 Å². The number of hydrogen-bond donors (Lipinski definition) is 2. The van der Waals surface area contributed by atoms with E-state index in [9.17, 15) is 9.90 Å². The Morgan fingerprint density at radius 2 is 2.21 bits per heavy atom. The number of aliphatic hydroxyl groups excluding tert-OH is 1. The lowest BCUT2D eigenvalue weighted by Crippen LogP contribution is -2.42. The van der Waals surface area contributed by atoms with Gasteiger partial charge < -0.3 is 20.1 Å². The van der Waals surface area contributed by atoms with Gasteiger partial charge in [-0.2, -0.15) is 5.10 Å². The molecule has 0 saturated carbocycles. The molecule has 1 atom stereocenters. The topological polar surface area (TPSA) is 79.6 Å². The highest BCUT2D eigenvalue weighted by Crippen LogP contribution is 2.23. The van der Waals surface area contributed by atoms with Crippen LogP contribution in [0.15, 0.2) is 24.3 Å². The second-order valence-electron chi connectivity index (χ2n) is 7.16. The predicted molar refractivity (Wildman–Crippen MR) is 107 cm³/mol. The third-order valence-corrected chi connectivity index (χ3v) is 5.21. The Morgan fingerprint density at radius 3 is 2.93 bits per heavy atom. The first kappa shape index (κ1) is 20.2. The van der Waals surface area contributed by atoms with E-state index in [4.69, 9.17) is 4.74 Å². The van der Waals surface area contributed by atoms with E-state index in [1.807, 2.05) is 42.8 Å². The Bertz CT molecular complexity index is 818. The molecule has 7 heteroatoms. The first-order valence-corrected chi connectivity index (χ1v) is 10.0. The van der Waals surface area contributed by atoms with Gasteiger partial charge in [0.15, 0.2) is 0 Å². The fourth-order valence-corrected chi connectivity index (χ4v) is 3.46. The second-order valence-corrected chi connectivity index (χ2v) is 7.16. The number of ether oxygens (including phenoxy) is 1. The van der Waals surface area contributed by atoms with Crippen molar-refractivity contribution >= 4 is 6.03 Å². The standard InChI is InChI=1S/C21H30N4O3/c1-4-15(3)28-17-8-6-7-16(11-17)12-22-21(27)24-10-9-20-18(13-24)19(14-26)23-25(20)5-2/h6-8,11,15,26H,4-5,9-10,12-14H2,1-3H3,(H,22,27)/t15-/m1/s1.